The van der Waals surface area contributed by atoms with E-state index in [-0.39, 0.29) is 12.0 Å². The molecule has 2 N–H and O–H groups in total. The molecule has 1 heterocycles. The summed E-state index contributed by atoms with van der Waals surface area (Å²) in [4.78, 5) is 17.7. The summed E-state index contributed by atoms with van der Waals surface area (Å²) in [5.41, 5.74) is 2.22. The molecular weight excluding hydrogens is 336 g/mol. The summed E-state index contributed by atoms with van der Waals surface area (Å²) in [5, 5.41) is 13.3. The number of fused-ring (bicyclic) bond motifs is 1. The Labute approximate surface area is 152 Å². The highest BCUT2D eigenvalue weighted by Gasteiger charge is 2.58. The molecule has 1 aliphatic heterocycles. The Morgan fingerprint density at radius 2 is 2.08 bits per heavy atom. The molecule has 0 saturated heterocycles. The van der Waals surface area contributed by atoms with Gasteiger partial charge >= 0.3 is 0 Å². The van der Waals surface area contributed by atoms with Crippen molar-refractivity contribution in [2.45, 2.75) is 56.7 Å². The summed E-state index contributed by atoms with van der Waals surface area (Å²) in [7, 11) is 1.63. The third-order valence-electron chi connectivity index (χ3n) is 5.78. The Balaban J connectivity index is 1.62. The first kappa shape index (κ1) is 17.1. The number of benzene rings is 1. The average molecular weight is 360 g/mol. The normalized spacial score (nSPS) is 27.6. The van der Waals surface area contributed by atoms with Crippen LogP contribution in [0.2, 0.25) is 0 Å². The molecule has 7 nitrogen and oxygen atoms in total. The molecule has 0 spiro atoms. The lowest BCUT2D eigenvalue weighted by atomic mass is 9.84. The Hall–Kier alpha value is -2.28. The van der Waals surface area contributed by atoms with Crippen LogP contribution in [0.15, 0.2) is 23.4 Å². The van der Waals surface area contributed by atoms with Gasteiger partial charge in [-0.1, -0.05) is 5.16 Å². The van der Waals surface area contributed by atoms with Crippen molar-refractivity contribution in [3.63, 3.8) is 0 Å². The van der Waals surface area contributed by atoms with Gasteiger partial charge in [0.05, 0.1) is 24.8 Å². The second kappa shape index (κ2) is 6.79. The summed E-state index contributed by atoms with van der Waals surface area (Å²) in [5.74, 6) is 0.671. The Bertz CT molecular complexity index is 729. The molecule has 26 heavy (non-hydrogen) atoms. The lowest BCUT2D eigenvalue weighted by molar-refractivity contribution is -0.155. The molecule has 1 aromatic carbocycles. The van der Waals surface area contributed by atoms with E-state index in [1.807, 2.05) is 18.2 Å². The number of carbonyl (C=O) groups excluding carboxylic acids is 1. The Kier molecular flexibility index (Phi) is 4.48. The maximum Gasteiger partial charge on any atom is 0.291 e. The van der Waals surface area contributed by atoms with Crippen molar-refractivity contribution in [1.29, 1.82) is 0 Å². The topological polar surface area (TPSA) is 89.4 Å². The van der Waals surface area contributed by atoms with Crippen LogP contribution < -0.4 is 15.0 Å². The molecule has 140 valence electrons. The zero-order chi connectivity index (χ0) is 18.1. The first-order chi connectivity index (χ1) is 12.7. The van der Waals surface area contributed by atoms with Crippen molar-refractivity contribution in [3.8, 4) is 11.5 Å². The number of carbonyl (C=O) groups is 1. The van der Waals surface area contributed by atoms with Crippen LogP contribution in [0.25, 0.3) is 0 Å². The number of methoxy groups -OCH3 is 1. The smallest absolute Gasteiger partial charge is 0.291 e. The van der Waals surface area contributed by atoms with Crippen molar-refractivity contribution in [2.75, 3.05) is 7.11 Å². The van der Waals surface area contributed by atoms with E-state index in [0.717, 1.165) is 37.0 Å². The van der Waals surface area contributed by atoms with E-state index in [0.29, 0.717) is 17.9 Å². The molecule has 7 heteroatoms. The fourth-order valence-corrected chi connectivity index (χ4v) is 4.41. The van der Waals surface area contributed by atoms with Crippen LogP contribution in [0, 0.1) is 5.92 Å². The molecule has 2 atom stereocenters. The van der Waals surface area contributed by atoms with Crippen molar-refractivity contribution < 1.29 is 24.3 Å². The van der Waals surface area contributed by atoms with Crippen LogP contribution in [-0.2, 0) is 9.63 Å². The van der Waals surface area contributed by atoms with Crippen LogP contribution in [0.4, 0.5) is 0 Å². The van der Waals surface area contributed by atoms with Crippen molar-refractivity contribution in [3.05, 3.63) is 23.8 Å². The van der Waals surface area contributed by atoms with Gasteiger partial charge in [0.2, 0.25) is 5.60 Å². The average Bonchev–Trinajstić information content (AvgIpc) is 3.37. The minimum atomic E-state index is -1.10. The number of hydrogen-bond donors (Lipinski definition) is 2. The van der Waals surface area contributed by atoms with E-state index >= 15 is 0 Å². The number of hydrogen-bond acceptors (Lipinski definition) is 6. The first-order valence-corrected chi connectivity index (χ1v) is 9.23. The van der Waals surface area contributed by atoms with Crippen molar-refractivity contribution >= 4 is 11.6 Å². The van der Waals surface area contributed by atoms with Gasteiger partial charge in [-0.05, 0) is 63.1 Å². The Morgan fingerprint density at radius 1 is 1.27 bits per heavy atom. The molecule has 4 rings (SSSR count). The summed E-state index contributed by atoms with van der Waals surface area (Å²) < 4.78 is 11.6. The maximum absolute atomic E-state index is 12.2. The van der Waals surface area contributed by atoms with Gasteiger partial charge in [-0.3, -0.25) is 10.0 Å². The van der Waals surface area contributed by atoms with Crippen molar-refractivity contribution in [2.24, 2.45) is 11.1 Å². The van der Waals surface area contributed by atoms with E-state index in [1.165, 1.54) is 12.8 Å². The molecule has 2 aliphatic carbocycles. The summed E-state index contributed by atoms with van der Waals surface area (Å²) >= 11 is 0. The van der Waals surface area contributed by atoms with E-state index in [2.05, 4.69) is 5.16 Å². The molecule has 0 bridgehead atoms. The number of hydroxylamine groups is 1. The number of oxime groups is 1. The molecule has 2 unspecified atom stereocenters. The fraction of sp³-hybridized carbons (Fsp3) is 0.579. The quantitative estimate of drug-likeness (QED) is 0.623. The second-order valence-corrected chi connectivity index (χ2v) is 7.23. The van der Waals surface area contributed by atoms with Crippen LogP contribution in [0.1, 0.15) is 50.5 Å². The maximum atomic E-state index is 12.2. The van der Waals surface area contributed by atoms with Gasteiger partial charge < -0.3 is 14.3 Å². The van der Waals surface area contributed by atoms with Gasteiger partial charge in [0.1, 0.15) is 0 Å². The van der Waals surface area contributed by atoms with E-state index < -0.39 is 11.5 Å². The van der Waals surface area contributed by atoms with Gasteiger partial charge in [-0.2, -0.15) is 0 Å². The summed E-state index contributed by atoms with van der Waals surface area (Å²) in [6, 6.07) is 5.70. The lowest BCUT2D eigenvalue weighted by Crippen LogP contribution is -2.48. The second-order valence-electron chi connectivity index (χ2n) is 7.23. The highest BCUT2D eigenvalue weighted by atomic mass is 16.7. The van der Waals surface area contributed by atoms with E-state index in [1.54, 1.807) is 12.6 Å². The highest BCUT2D eigenvalue weighted by Crippen LogP contribution is 2.46. The minimum absolute atomic E-state index is 0.178. The zero-order valence-electron chi connectivity index (χ0n) is 14.9. The monoisotopic (exact) mass is 360 g/mol. The number of ether oxygens (including phenoxy) is 2. The third kappa shape index (κ3) is 2.70. The standard InChI is InChI=1S/C19H24N2O5/c1-24-15-9-8-12(11-16(15)25-13-5-2-3-6-13)17-14-7-4-10-19(14,26-21-17)18(22)20-23/h8-9,11,13-14,23H,2-7,10H2,1H3,(H,20,22). The molecule has 2 fully saturated rings. The SMILES string of the molecule is COc1ccc(C2=NOC3(C(=O)NO)CCCC23)cc1OC1CCCC1. The first-order valence-electron chi connectivity index (χ1n) is 9.23. The summed E-state index contributed by atoms with van der Waals surface area (Å²) in [6.45, 7) is 0. The lowest BCUT2D eigenvalue weighted by Gasteiger charge is -2.24. The zero-order valence-corrected chi connectivity index (χ0v) is 14.9. The minimum Gasteiger partial charge on any atom is -0.493 e. The highest BCUT2D eigenvalue weighted by molar-refractivity contribution is 6.08. The van der Waals surface area contributed by atoms with E-state index in [4.69, 9.17) is 19.5 Å². The van der Waals surface area contributed by atoms with Crippen LogP contribution >= 0.6 is 0 Å². The number of nitrogens with one attached hydrogen (secondary N) is 1. The number of rotatable bonds is 5. The van der Waals surface area contributed by atoms with Gasteiger partial charge in [-0.25, -0.2) is 5.48 Å². The van der Waals surface area contributed by atoms with Crippen LogP contribution in [0.5, 0.6) is 11.5 Å². The van der Waals surface area contributed by atoms with Gasteiger partial charge in [0, 0.05) is 5.56 Å². The van der Waals surface area contributed by atoms with Crippen molar-refractivity contribution in [1.82, 2.24) is 5.48 Å². The molecule has 1 aromatic rings. The fourth-order valence-electron chi connectivity index (χ4n) is 4.41. The predicted molar refractivity (Wildman–Crippen MR) is 93.5 cm³/mol. The molecule has 0 radical (unpaired) electrons. The third-order valence-corrected chi connectivity index (χ3v) is 5.78. The summed E-state index contributed by atoms with van der Waals surface area (Å²) in [6.07, 6.45) is 6.88. The molecule has 1 amide bonds. The molecule has 3 aliphatic rings. The molecule has 0 aromatic heterocycles. The van der Waals surface area contributed by atoms with Gasteiger partial charge in [0.25, 0.3) is 5.91 Å². The molecule has 2 saturated carbocycles. The van der Waals surface area contributed by atoms with Gasteiger partial charge in [0.15, 0.2) is 11.5 Å². The van der Waals surface area contributed by atoms with E-state index in [9.17, 15) is 4.79 Å². The molecular formula is C19H24N2O5. The van der Waals surface area contributed by atoms with Gasteiger partial charge in [-0.15, -0.1) is 0 Å². The Morgan fingerprint density at radius 3 is 2.81 bits per heavy atom. The largest absolute Gasteiger partial charge is 0.493 e. The predicted octanol–water partition coefficient (Wildman–Crippen LogP) is 2.80. The van der Waals surface area contributed by atoms with Crippen LogP contribution in [-0.4, -0.2) is 35.6 Å². The number of nitrogens with zero attached hydrogens (tertiary/aromatic N) is 1. The van der Waals surface area contributed by atoms with Crippen LogP contribution in [0.3, 0.4) is 0 Å². The number of amides is 1.